The van der Waals surface area contributed by atoms with Gasteiger partial charge in [0.25, 0.3) is 0 Å². The molecule has 5 nitrogen and oxygen atoms in total. The molecular weight excluding hydrogens is 253 g/mol. The third-order valence-electron chi connectivity index (χ3n) is 1.92. The molecule has 0 bridgehead atoms. The molecule has 0 saturated heterocycles. The summed E-state index contributed by atoms with van der Waals surface area (Å²) in [4.78, 5) is 21.9. The lowest BCUT2D eigenvalue weighted by Gasteiger charge is -2.18. The minimum atomic E-state index is -4.39. The summed E-state index contributed by atoms with van der Waals surface area (Å²) in [6, 6.07) is -3.30. The van der Waals surface area contributed by atoms with Crippen LogP contribution in [-0.4, -0.2) is 35.4 Å². The van der Waals surface area contributed by atoms with E-state index in [4.69, 9.17) is 5.11 Å². The monoisotopic (exact) mass is 268 g/mol. The Morgan fingerprint density at radius 1 is 1.39 bits per heavy atom. The molecule has 0 aromatic heterocycles. The third-order valence-corrected chi connectivity index (χ3v) is 1.92. The maximum absolute atomic E-state index is 12.0. The number of rotatable bonds is 6. The number of carboxylic acids is 1. The van der Waals surface area contributed by atoms with Crippen molar-refractivity contribution in [2.75, 3.05) is 0 Å². The summed E-state index contributed by atoms with van der Waals surface area (Å²) < 4.78 is 36.0. The van der Waals surface area contributed by atoms with Gasteiger partial charge in [-0.2, -0.15) is 13.2 Å². The fourth-order valence-electron chi connectivity index (χ4n) is 1.21. The summed E-state index contributed by atoms with van der Waals surface area (Å²) in [5.41, 5.74) is 0. The van der Waals surface area contributed by atoms with Crippen molar-refractivity contribution in [1.29, 1.82) is 0 Å². The minimum absolute atomic E-state index is 0.0175. The van der Waals surface area contributed by atoms with Gasteiger partial charge >= 0.3 is 18.2 Å². The molecule has 2 atom stereocenters. The second-order valence-corrected chi connectivity index (χ2v) is 3.75. The Labute approximate surface area is 102 Å². The molecule has 0 aromatic rings. The second kappa shape index (κ2) is 6.87. The third kappa shape index (κ3) is 7.53. The number of hydrogen-bond acceptors (Lipinski definition) is 2. The van der Waals surface area contributed by atoms with Crippen molar-refractivity contribution in [2.45, 2.75) is 38.0 Å². The minimum Gasteiger partial charge on any atom is -0.480 e. The van der Waals surface area contributed by atoms with Gasteiger partial charge in [0.2, 0.25) is 0 Å². The molecule has 0 rings (SSSR count). The van der Waals surface area contributed by atoms with E-state index in [1.165, 1.54) is 13.0 Å². The molecule has 0 aliphatic carbocycles. The summed E-state index contributed by atoms with van der Waals surface area (Å²) in [7, 11) is 0. The molecule has 18 heavy (non-hydrogen) atoms. The van der Waals surface area contributed by atoms with Gasteiger partial charge in [-0.3, -0.25) is 0 Å². The van der Waals surface area contributed by atoms with E-state index in [0.29, 0.717) is 0 Å². The summed E-state index contributed by atoms with van der Waals surface area (Å²) >= 11 is 0. The highest BCUT2D eigenvalue weighted by molar-refractivity contribution is 5.82. The van der Waals surface area contributed by atoms with E-state index in [-0.39, 0.29) is 6.42 Å². The molecule has 2 unspecified atom stereocenters. The molecule has 2 amide bonds. The topological polar surface area (TPSA) is 78.4 Å². The predicted octanol–water partition coefficient (Wildman–Crippen LogP) is 1.66. The van der Waals surface area contributed by atoms with Crippen molar-refractivity contribution >= 4 is 12.0 Å². The summed E-state index contributed by atoms with van der Waals surface area (Å²) in [6.45, 7) is 4.49. The zero-order chi connectivity index (χ0) is 14.3. The van der Waals surface area contributed by atoms with Crippen LogP contribution in [0, 0.1) is 0 Å². The molecule has 0 radical (unpaired) electrons. The van der Waals surface area contributed by atoms with Gasteiger partial charge in [-0.15, -0.1) is 6.58 Å². The van der Waals surface area contributed by atoms with Crippen molar-refractivity contribution in [1.82, 2.24) is 10.6 Å². The van der Waals surface area contributed by atoms with Crippen LogP contribution in [0.3, 0.4) is 0 Å². The Morgan fingerprint density at radius 3 is 2.33 bits per heavy atom. The van der Waals surface area contributed by atoms with Crippen LogP contribution in [0.1, 0.15) is 19.8 Å². The first-order valence-electron chi connectivity index (χ1n) is 5.13. The van der Waals surface area contributed by atoms with Crippen molar-refractivity contribution in [3.63, 3.8) is 0 Å². The number of amides is 2. The molecule has 8 heteroatoms. The number of halogens is 3. The smallest absolute Gasteiger partial charge is 0.391 e. The van der Waals surface area contributed by atoms with E-state index in [2.05, 4.69) is 6.58 Å². The fraction of sp³-hybridized carbons (Fsp3) is 0.600. The van der Waals surface area contributed by atoms with Crippen molar-refractivity contribution in [3.05, 3.63) is 12.7 Å². The van der Waals surface area contributed by atoms with Crippen LogP contribution in [0.4, 0.5) is 18.0 Å². The molecule has 0 aromatic carbocycles. The van der Waals surface area contributed by atoms with Crippen LogP contribution in [0.2, 0.25) is 0 Å². The molecule has 0 aliphatic rings. The van der Waals surface area contributed by atoms with Gasteiger partial charge in [-0.05, 0) is 13.3 Å². The van der Waals surface area contributed by atoms with Crippen LogP contribution in [-0.2, 0) is 4.79 Å². The molecular formula is C10H15F3N2O3. The molecule has 104 valence electrons. The van der Waals surface area contributed by atoms with Crippen molar-refractivity contribution < 1.29 is 27.9 Å². The van der Waals surface area contributed by atoms with E-state index >= 15 is 0 Å². The van der Waals surface area contributed by atoms with Gasteiger partial charge in [0.1, 0.15) is 6.04 Å². The Bertz CT molecular complexity index is 318. The maximum Gasteiger partial charge on any atom is 0.391 e. The van der Waals surface area contributed by atoms with Crippen LogP contribution in [0.15, 0.2) is 12.7 Å². The van der Waals surface area contributed by atoms with E-state index in [1.807, 2.05) is 10.6 Å². The first-order chi connectivity index (χ1) is 8.15. The van der Waals surface area contributed by atoms with Gasteiger partial charge in [-0.25, -0.2) is 9.59 Å². The first kappa shape index (κ1) is 16.3. The summed E-state index contributed by atoms with van der Waals surface area (Å²) in [5.74, 6) is -1.28. The normalized spacial score (nSPS) is 14.4. The molecule has 0 saturated carbocycles. The van der Waals surface area contributed by atoms with Crippen LogP contribution in [0.25, 0.3) is 0 Å². The van der Waals surface area contributed by atoms with Gasteiger partial charge in [0, 0.05) is 6.04 Å². The predicted molar refractivity (Wildman–Crippen MR) is 58.0 cm³/mol. The molecule has 0 fully saturated rings. The van der Waals surface area contributed by atoms with Gasteiger partial charge in [0.15, 0.2) is 0 Å². The van der Waals surface area contributed by atoms with Crippen molar-refractivity contribution in [2.24, 2.45) is 0 Å². The number of alkyl halides is 3. The number of hydrogen-bond donors (Lipinski definition) is 3. The highest BCUT2D eigenvalue weighted by atomic mass is 19.4. The van der Waals surface area contributed by atoms with Crippen LogP contribution >= 0.6 is 0 Å². The number of urea groups is 1. The average Bonchev–Trinajstić information content (AvgIpc) is 2.13. The maximum atomic E-state index is 12.0. The lowest BCUT2D eigenvalue weighted by Crippen LogP contribution is -2.48. The molecule has 3 N–H and O–H groups in total. The number of aliphatic carboxylic acids is 1. The number of nitrogens with one attached hydrogen (secondary N) is 2. The van der Waals surface area contributed by atoms with E-state index in [0.717, 1.165) is 0 Å². The number of carbonyl (C=O) groups is 2. The van der Waals surface area contributed by atoms with Gasteiger partial charge in [-0.1, -0.05) is 6.08 Å². The summed E-state index contributed by atoms with van der Waals surface area (Å²) in [6.07, 6.45) is -4.30. The zero-order valence-corrected chi connectivity index (χ0v) is 9.75. The van der Waals surface area contributed by atoms with Crippen LogP contribution in [0.5, 0.6) is 0 Å². The van der Waals surface area contributed by atoms with Crippen molar-refractivity contribution in [3.8, 4) is 0 Å². The van der Waals surface area contributed by atoms with Gasteiger partial charge < -0.3 is 15.7 Å². The molecule has 0 spiro atoms. The Morgan fingerprint density at radius 2 is 1.94 bits per heavy atom. The highest BCUT2D eigenvalue weighted by Crippen LogP contribution is 2.21. The number of carbonyl (C=O) groups excluding carboxylic acids is 1. The average molecular weight is 268 g/mol. The fourth-order valence-corrected chi connectivity index (χ4v) is 1.21. The second-order valence-electron chi connectivity index (χ2n) is 3.75. The summed E-state index contributed by atoms with van der Waals surface area (Å²) in [5, 5.41) is 12.8. The largest absolute Gasteiger partial charge is 0.480 e. The lowest BCUT2D eigenvalue weighted by atomic mass is 10.2. The van der Waals surface area contributed by atoms with E-state index in [9.17, 15) is 22.8 Å². The number of carboxylic acid groups (broad SMARTS) is 1. The zero-order valence-electron chi connectivity index (χ0n) is 9.75. The molecule has 0 heterocycles. The Kier molecular flexibility index (Phi) is 6.21. The van der Waals surface area contributed by atoms with Gasteiger partial charge in [0.05, 0.1) is 6.42 Å². The SMILES string of the molecule is C=CCC(NC(=O)NC(C)CC(F)(F)F)C(=O)O. The lowest BCUT2D eigenvalue weighted by molar-refractivity contribution is -0.140. The highest BCUT2D eigenvalue weighted by Gasteiger charge is 2.31. The van der Waals surface area contributed by atoms with E-state index in [1.54, 1.807) is 0 Å². The first-order valence-corrected chi connectivity index (χ1v) is 5.13. The quantitative estimate of drug-likeness (QED) is 0.641. The Hall–Kier alpha value is -1.73. The molecule has 0 aliphatic heterocycles. The van der Waals surface area contributed by atoms with E-state index < -0.39 is 36.7 Å². The standard InChI is InChI=1S/C10H15F3N2O3/c1-3-4-7(8(16)17)15-9(18)14-6(2)5-10(11,12)13/h3,6-7H,1,4-5H2,2H3,(H,16,17)(H2,14,15,18). The Balaban J connectivity index is 4.24. The van der Waals surface area contributed by atoms with Crippen LogP contribution < -0.4 is 10.6 Å².